The van der Waals surface area contributed by atoms with Crippen LogP contribution in [-0.4, -0.2) is 11.7 Å². The van der Waals surface area contributed by atoms with E-state index in [1.807, 2.05) is 13.0 Å². The van der Waals surface area contributed by atoms with Crippen molar-refractivity contribution >= 4 is 11.6 Å². The summed E-state index contributed by atoms with van der Waals surface area (Å²) in [4.78, 5) is 0. The predicted molar refractivity (Wildman–Crippen MR) is 65.7 cm³/mol. The average molecular weight is 227 g/mol. The summed E-state index contributed by atoms with van der Waals surface area (Å²) in [5.74, 6) is 0.657. The van der Waals surface area contributed by atoms with Gasteiger partial charge in [-0.3, -0.25) is 0 Å². The van der Waals surface area contributed by atoms with Crippen molar-refractivity contribution in [2.45, 2.75) is 39.0 Å². The van der Waals surface area contributed by atoms with Crippen molar-refractivity contribution in [2.75, 3.05) is 6.61 Å². The number of aliphatic hydroxyl groups excluding tert-OH is 1. The van der Waals surface area contributed by atoms with E-state index in [0.717, 1.165) is 17.0 Å². The SMILES string of the molecule is CCC(C)c1ccc(C(C)CO)cc1Cl. The Morgan fingerprint density at radius 2 is 1.93 bits per heavy atom. The number of halogens is 1. The van der Waals surface area contributed by atoms with Crippen LogP contribution >= 0.6 is 11.6 Å². The van der Waals surface area contributed by atoms with E-state index >= 15 is 0 Å². The number of benzene rings is 1. The Hall–Kier alpha value is -0.530. The van der Waals surface area contributed by atoms with Gasteiger partial charge < -0.3 is 5.11 Å². The molecule has 0 aliphatic heterocycles. The maximum Gasteiger partial charge on any atom is 0.0497 e. The van der Waals surface area contributed by atoms with E-state index in [1.165, 1.54) is 5.56 Å². The summed E-state index contributed by atoms with van der Waals surface area (Å²) in [6, 6.07) is 6.12. The van der Waals surface area contributed by atoms with Gasteiger partial charge in [0.05, 0.1) is 0 Å². The van der Waals surface area contributed by atoms with Crippen LogP contribution in [0.25, 0.3) is 0 Å². The van der Waals surface area contributed by atoms with E-state index < -0.39 is 0 Å². The zero-order valence-electron chi connectivity index (χ0n) is 9.63. The third-order valence-corrected chi connectivity index (χ3v) is 3.34. The number of hydrogen-bond donors (Lipinski definition) is 1. The van der Waals surface area contributed by atoms with Crippen LogP contribution < -0.4 is 0 Å². The molecule has 1 nitrogen and oxygen atoms in total. The second-order valence-corrected chi connectivity index (χ2v) is 4.58. The lowest BCUT2D eigenvalue weighted by Crippen LogP contribution is -2.00. The largest absolute Gasteiger partial charge is 0.396 e. The minimum absolute atomic E-state index is 0.161. The summed E-state index contributed by atoms with van der Waals surface area (Å²) in [5, 5.41) is 9.88. The molecule has 0 saturated carbocycles. The Morgan fingerprint density at radius 1 is 1.27 bits per heavy atom. The van der Waals surface area contributed by atoms with E-state index in [4.69, 9.17) is 16.7 Å². The van der Waals surface area contributed by atoms with Gasteiger partial charge in [-0.2, -0.15) is 0 Å². The van der Waals surface area contributed by atoms with E-state index in [0.29, 0.717) is 5.92 Å². The Kier molecular flexibility index (Phi) is 4.62. The smallest absolute Gasteiger partial charge is 0.0497 e. The van der Waals surface area contributed by atoms with Crippen molar-refractivity contribution in [3.8, 4) is 0 Å². The predicted octanol–water partition coefficient (Wildman–Crippen LogP) is 3.95. The highest BCUT2D eigenvalue weighted by molar-refractivity contribution is 6.31. The van der Waals surface area contributed by atoms with Crippen molar-refractivity contribution in [1.29, 1.82) is 0 Å². The topological polar surface area (TPSA) is 20.2 Å². The van der Waals surface area contributed by atoms with Gasteiger partial charge in [0, 0.05) is 17.5 Å². The van der Waals surface area contributed by atoms with Gasteiger partial charge in [-0.15, -0.1) is 0 Å². The Morgan fingerprint density at radius 3 is 2.40 bits per heavy atom. The van der Waals surface area contributed by atoms with Crippen LogP contribution in [0, 0.1) is 0 Å². The molecule has 0 aliphatic rings. The lowest BCUT2D eigenvalue weighted by Gasteiger charge is -2.14. The van der Waals surface area contributed by atoms with Gasteiger partial charge in [0.1, 0.15) is 0 Å². The molecule has 1 N–H and O–H groups in total. The third-order valence-electron chi connectivity index (χ3n) is 3.01. The first-order valence-electron chi connectivity index (χ1n) is 5.50. The van der Waals surface area contributed by atoms with Crippen molar-refractivity contribution < 1.29 is 5.11 Å². The summed E-state index contributed by atoms with van der Waals surface area (Å²) < 4.78 is 0. The summed E-state index contributed by atoms with van der Waals surface area (Å²) >= 11 is 6.22. The molecular formula is C13H19ClO. The molecule has 0 spiro atoms. The summed E-state index contributed by atoms with van der Waals surface area (Å²) in [7, 11) is 0. The van der Waals surface area contributed by atoms with Crippen LogP contribution in [0.4, 0.5) is 0 Å². The maximum atomic E-state index is 9.06. The highest BCUT2D eigenvalue weighted by Crippen LogP contribution is 2.29. The first-order valence-corrected chi connectivity index (χ1v) is 5.88. The Labute approximate surface area is 97.1 Å². The highest BCUT2D eigenvalue weighted by atomic mass is 35.5. The number of hydrogen-bond acceptors (Lipinski definition) is 1. The molecule has 2 heteroatoms. The van der Waals surface area contributed by atoms with Gasteiger partial charge in [-0.1, -0.05) is 44.5 Å². The molecule has 1 rings (SSSR count). The first kappa shape index (κ1) is 12.5. The normalized spacial score (nSPS) is 15.0. The van der Waals surface area contributed by atoms with Crippen molar-refractivity contribution in [2.24, 2.45) is 0 Å². The van der Waals surface area contributed by atoms with Crippen LogP contribution in [0.5, 0.6) is 0 Å². The van der Waals surface area contributed by atoms with E-state index in [-0.39, 0.29) is 12.5 Å². The van der Waals surface area contributed by atoms with E-state index in [2.05, 4.69) is 26.0 Å². The molecule has 0 saturated heterocycles. The molecule has 1 aromatic rings. The third kappa shape index (κ3) is 2.96. The van der Waals surface area contributed by atoms with Crippen molar-refractivity contribution in [3.05, 3.63) is 34.3 Å². The summed E-state index contributed by atoms with van der Waals surface area (Å²) in [6.45, 7) is 6.50. The lowest BCUT2D eigenvalue weighted by atomic mass is 9.94. The van der Waals surface area contributed by atoms with Crippen LogP contribution in [0.15, 0.2) is 18.2 Å². The minimum atomic E-state index is 0.161. The quantitative estimate of drug-likeness (QED) is 0.824. The summed E-state index contributed by atoms with van der Waals surface area (Å²) in [5.41, 5.74) is 2.31. The van der Waals surface area contributed by atoms with Crippen LogP contribution in [0.1, 0.15) is 50.2 Å². The van der Waals surface area contributed by atoms with Crippen molar-refractivity contribution in [3.63, 3.8) is 0 Å². The molecular weight excluding hydrogens is 208 g/mol. The molecule has 0 radical (unpaired) electrons. The Bertz CT molecular complexity index is 322. The highest BCUT2D eigenvalue weighted by Gasteiger charge is 2.10. The average Bonchev–Trinajstić information content (AvgIpc) is 2.26. The fourth-order valence-corrected chi connectivity index (χ4v) is 1.95. The molecule has 0 amide bonds. The van der Waals surface area contributed by atoms with Gasteiger partial charge in [-0.25, -0.2) is 0 Å². The molecule has 0 bridgehead atoms. The Balaban J connectivity index is 2.97. The zero-order valence-corrected chi connectivity index (χ0v) is 10.4. The van der Waals surface area contributed by atoms with Gasteiger partial charge in [-0.05, 0) is 29.5 Å². The monoisotopic (exact) mass is 226 g/mol. The molecule has 0 fully saturated rings. The molecule has 15 heavy (non-hydrogen) atoms. The number of aliphatic hydroxyl groups is 1. The van der Waals surface area contributed by atoms with Gasteiger partial charge >= 0.3 is 0 Å². The van der Waals surface area contributed by atoms with Gasteiger partial charge in [0.2, 0.25) is 0 Å². The van der Waals surface area contributed by atoms with Gasteiger partial charge in [0.15, 0.2) is 0 Å². The molecule has 0 aliphatic carbocycles. The molecule has 1 aromatic carbocycles. The molecule has 2 unspecified atom stereocenters. The molecule has 2 atom stereocenters. The van der Waals surface area contributed by atoms with E-state index in [1.54, 1.807) is 0 Å². The second-order valence-electron chi connectivity index (χ2n) is 4.17. The lowest BCUT2D eigenvalue weighted by molar-refractivity contribution is 0.273. The zero-order chi connectivity index (χ0) is 11.4. The van der Waals surface area contributed by atoms with Gasteiger partial charge in [0.25, 0.3) is 0 Å². The standard InChI is InChI=1S/C13H19ClO/c1-4-9(2)12-6-5-11(7-13(12)14)10(3)8-15/h5-7,9-10,15H,4,8H2,1-3H3. The fourth-order valence-electron chi connectivity index (χ4n) is 1.57. The fraction of sp³-hybridized carbons (Fsp3) is 0.538. The van der Waals surface area contributed by atoms with E-state index in [9.17, 15) is 0 Å². The maximum absolute atomic E-state index is 9.06. The van der Waals surface area contributed by atoms with Crippen LogP contribution in [0.3, 0.4) is 0 Å². The number of rotatable bonds is 4. The molecule has 0 heterocycles. The minimum Gasteiger partial charge on any atom is -0.396 e. The molecule has 0 aromatic heterocycles. The first-order chi connectivity index (χ1) is 7.10. The summed E-state index contributed by atoms with van der Waals surface area (Å²) in [6.07, 6.45) is 1.09. The molecule has 84 valence electrons. The second kappa shape index (κ2) is 5.53. The van der Waals surface area contributed by atoms with Crippen LogP contribution in [-0.2, 0) is 0 Å². The van der Waals surface area contributed by atoms with Crippen LogP contribution in [0.2, 0.25) is 5.02 Å². The van der Waals surface area contributed by atoms with Crippen molar-refractivity contribution in [1.82, 2.24) is 0 Å².